The van der Waals surface area contributed by atoms with Crippen molar-refractivity contribution in [3.05, 3.63) is 164 Å². The molecule has 0 saturated heterocycles. The van der Waals surface area contributed by atoms with Crippen molar-refractivity contribution < 1.29 is 13.3 Å². The normalized spacial score (nSPS) is 12.0. The fraction of sp³-hybridized carbons (Fsp3) is 0. The third-order valence-corrected chi connectivity index (χ3v) is 10.7. The van der Waals surface area contributed by atoms with Gasteiger partial charge >= 0.3 is 0 Å². The lowest BCUT2D eigenvalue weighted by molar-refractivity contribution is 0.665. The van der Waals surface area contributed by atoms with Crippen LogP contribution in [-0.2, 0) is 0 Å². The minimum Gasteiger partial charge on any atom is -0.455 e. The summed E-state index contributed by atoms with van der Waals surface area (Å²) < 4.78 is 19.8. The summed E-state index contributed by atoms with van der Waals surface area (Å²) in [6, 6.07) is 55.7. The average Bonchev–Trinajstić information content (AvgIpc) is 3.95. The van der Waals surface area contributed by atoms with Crippen LogP contribution >= 0.6 is 0 Å². The Bertz CT molecular complexity index is 3520. The summed E-state index contributed by atoms with van der Waals surface area (Å²) in [5, 5.41) is 8.34. The molecule has 55 heavy (non-hydrogen) atoms. The molecule has 12 aromatic rings. The van der Waals surface area contributed by atoms with Crippen molar-refractivity contribution in [3.63, 3.8) is 0 Å². The van der Waals surface area contributed by atoms with Crippen molar-refractivity contribution in [2.75, 3.05) is 0 Å². The van der Waals surface area contributed by atoms with Gasteiger partial charge in [0.05, 0.1) is 5.56 Å². The molecular formula is C49H27N3O3. The Morgan fingerprint density at radius 2 is 0.800 bits per heavy atom. The Kier molecular flexibility index (Phi) is 6.24. The molecule has 6 nitrogen and oxygen atoms in total. The van der Waals surface area contributed by atoms with Gasteiger partial charge in [-0.25, -0.2) is 15.0 Å². The second-order valence-corrected chi connectivity index (χ2v) is 13.9. The van der Waals surface area contributed by atoms with Crippen molar-refractivity contribution >= 4 is 76.6 Å². The molecule has 256 valence electrons. The van der Waals surface area contributed by atoms with Crippen LogP contribution in [0.5, 0.6) is 0 Å². The summed E-state index contributed by atoms with van der Waals surface area (Å²) in [7, 11) is 0. The van der Waals surface area contributed by atoms with Gasteiger partial charge in [0.2, 0.25) is 0 Å². The van der Waals surface area contributed by atoms with Crippen LogP contribution in [0.25, 0.3) is 122 Å². The third kappa shape index (κ3) is 4.52. The van der Waals surface area contributed by atoms with Gasteiger partial charge in [-0.05, 0) is 53.2 Å². The maximum atomic E-state index is 6.76. The number of furan rings is 3. The molecule has 8 aromatic carbocycles. The summed E-state index contributed by atoms with van der Waals surface area (Å²) >= 11 is 0. The zero-order chi connectivity index (χ0) is 36.0. The van der Waals surface area contributed by atoms with E-state index < -0.39 is 0 Å². The van der Waals surface area contributed by atoms with Gasteiger partial charge < -0.3 is 13.3 Å². The molecule has 12 rings (SSSR count). The highest BCUT2D eigenvalue weighted by Crippen LogP contribution is 2.45. The molecule has 0 N–H and O–H groups in total. The molecule has 0 aliphatic rings. The van der Waals surface area contributed by atoms with Crippen LogP contribution in [0.2, 0.25) is 0 Å². The zero-order valence-electron chi connectivity index (χ0n) is 29.2. The standard InChI is InChI=1S/C49H27N3O3/c1-2-12-29-27-30(24-23-28(29)11-1)47-50-48(52-49(51-47)39-19-10-17-34-32-14-4-7-21-41(32)54-45(34)39)38-26-25-36(46-43(38)37-15-5-8-22-42(37)55-46)35-18-9-16-33-31-13-3-6-20-40(31)53-44(33)35/h1-27H. The quantitative estimate of drug-likeness (QED) is 0.181. The zero-order valence-corrected chi connectivity index (χ0v) is 29.2. The molecule has 0 fully saturated rings. The van der Waals surface area contributed by atoms with Gasteiger partial charge in [-0.3, -0.25) is 0 Å². The maximum Gasteiger partial charge on any atom is 0.167 e. The van der Waals surface area contributed by atoms with E-state index in [-0.39, 0.29) is 0 Å². The van der Waals surface area contributed by atoms with Crippen molar-refractivity contribution in [2.24, 2.45) is 0 Å². The van der Waals surface area contributed by atoms with Crippen LogP contribution in [0.1, 0.15) is 0 Å². The number of aromatic nitrogens is 3. The average molecular weight is 706 g/mol. The smallest absolute Gasteiger partial charge is 0.167 e. The Hall–Kier alpha value is -7.57. The Morgan fingerprint density at radius 3 is 1.53 bits per heavy atom. The molecule has 4 aromatic heterocycles. The lowest BCUT2D eigenvalue weighted by atomic mass is 9.96. The molecule has 0 aliphatic carbocycles. The second-order valence-electron chi connectivity index (χ2n) is 13.9. The van der Waals surface area contributed by atoms with Crippen molar-refractivity contribution in [1.82, 2.24) is 15.0 Å². The van der Waals surface area contributed by atoms with Crippen LogP contribution < -0.4 is 0 Å². The van der Waals surface area contributed by atoms with Crippen molar-refractivity contribution in [1.29, 1.82) is 0 Å². The minimum atomic E-state index is 0.523. The van der Waals surface area contributed by atoms with Crippen molar-refractivity contribution in [2.45, 2.75) is 0 Å². The van der Waals surface area contributed by atoms with E-state index in [0.29, 0.717) is 17.5 Å². The van der Waals surface area contributed by atoms with E-state index in [1.807, 2.05) is 78.9 Å². The number of hydrogen-bond donors (Lipinski definition) is 0. The lowest BCUT2D eigenvalue weighted by Gasteiger charge is -2.11. The third-order valence-electron chi connectivity index (χ3n) is 10.7. The van der Waals surface area contributed by atoms with Gasteiger partial charge in [-0.15, -0.1) is 0 Å². The van der Waals surface area contributed by atoms with E-state index in [1.165, 1.54) is 0 Å². The van der Waals surface area contributed by atoms with Gasteiger partial charge in [0, 0.05) is 54.6 Å². The SMILES string of the molecule is c1ccc2cc(-c3nc(-c4cccc5c4oc4ccccc45)nc(-c4ccc(-c5cccc6c5oc5ccccc56)c5oc6ccccc6c45)n3)ccc2c1. The highest BCUT2D eigenvalue weighted by Gasteiger charge is 2.23. The molecule has 0 spiro atoms. The van der Waals surface area contributed by atoms with E-state index in [0.717, 1.165) is 104 Å². The van der Waals surface area contributed by atoms with E-state index in [9.17, 15) is 0 Å². The molecule has 4 heterocycles. The van der Waals surface area contributed by atoms with E-state index in [4.69, 9.17) is 28.2 Å². The molecule has 0 unspecified atom stereocenters. The first-order chi connectivity index (χ1) is 27.2. The molecule has 0 bridgehead atoms. The summed E-state index contributed by atoms with van der Waals surface area (Å²) in [5.41, 5.74) is 9.13. The lowest BCUT2D eigenvalue weighted by Crippen LogP contribution is -2.01. The molecule has 0 saturated carbocycles. The number of fused-ring (bicyclic) bond motifs is 10. The number of nitrogens with zero attached hydrogens (tertiary/aromatic N) is 3. The van der Waals surface area contributed by atoms with Crippen LogP contribution in [0, 0.1) is 0 Å². The summed E-state index contributed by atoms with van der Waals surface area (Å²) in [5.74, 6) is 1.62. The van der Waals surface area contributed by atoms with Crippen LogP contribution in [0.15, 0.2) is 177 Å². The first-order valence-electron chi connectivity index (χ1n) is 18.3. The highest BCUT2D eigenvalue weighted by molar-refractivity contribution is 6.18. The van der Waals surface area contributed by atoms with Gasteiger partial charge in [-0.1, -0.05) is 121 Å². The Morgan fingerprint density at radius 1 is 0.309 bits per heavy atom. The molecule has 0 radical (unpaired) electrons. The van der Waals surface area contributed by atoms with Gasteiger partial charge in [-0.2, -0.15) is 0 Å². The second kappa shape index (κ2) is 11.5. The summed E-state index contributed by atoms with van der Waals surface area (Å²) in [6.45, 7) is 0. The number of hydrogen-bond acceptors (Lipinski definition) is 6. The summed E-state index contributed by atoms with van der Waals surface area (Å²) in [4.78, 5) is 15.6. The van der Waals surface area contributed by atoms with E-state index >= 15 is 0 Å². The predicted molar refractivity (Wildman–Crippen MR) is 221 cm³/mol. The first kappa shape index (κ1) is 29.9. The van der Waals surface area contributed by atoms with Crippen LogP contribution in [-0.4, -0.2) is 15.0 Å². The molecular weight excluding hydrogens is 679 g/mol. The highest BCUT2D eigenvalue weighted by atomic mass is 16.3. The molecule has 0 aliphatic heterocycles. The summed E-state index contributed by atoms with van der Waals surface area (Å²) in [6.07, 6.45) is 0. The fourth-order valence-electron chi connectivity index (χ4n) is 8.18. The fourth-order valence-corrected chi connectivity index (χ4v) is 8.18. The monoisotopic (exact) mass is 705 g/mol. The van der Waals surface area contributed by atoms with Crippen LogP contribution in [0.3, 0.4) is 0 Å². The molecule has 0 atom stereocenters. The largest absolute Gasteiger partial charge is 0.455 e. The molecule has 0 amide bonds. The van der Waals surface area contributed by atoms with E-state index in [2.05, 4.69) is 84.9 Å². The van der Waals surface area contributed by atoms with Gasteiger partial charge in [0.15, 0.2) is 17.5 Å². The Labute approximate surface area is 312 Å². The Balaban J connectivity index is 1.14. The first-order valence-corrected chi connectivity index (χ1v) is 18.3. The minimum absolute atomic E-state index is 0.523. The predicted octanol–water partition coefficient (Wildman–Crippen LogP) is 13.4. The number of benzene rings is 8. The van der Waals surface area contributed by atoms with Gasteiger partial charge in [0.25, 0.3) is 0 Å². The maximum absolute atomic E-state index is 6.76. The number of para-hydroxylation sites is 5. The number of rotatable bonds is 4. The van der Waals surface area contributed by atoms with Crippen LogP contribution in [0.4, 0.5) is 0 Å². The van der Waals surface area contributed by atoms with Gasteiger partial charge in [0.1, 0.15) is 33.5 Å². The topological polar surface area (TPSA) is 78.1 Å². The van der Waals surface area contributed by atoms with E-state index in [1.54, 1.807) is 0 Å². The van der Waals surface area contributed by atoms with Crippen molar-refractivity contribution in [3.8, 4) is 45.3 Å². The molecule has 6 heteroatoms.